The minimum absolute atomic E-state index is 0.0322. The fourth-order valence-corrected chi connectivity index (χ4v) is 2.96. The van der Waals surface area contributed by atoms with E-state index in [2.05, 4.69) is 5.32 Å². The molecule has 0 spiro atoms. The number of non-ortho nitro benzene ring substituents is 1. The normalized spacial score (nSPS) is 10.3. The Balaban J connectivity index is 1.72. The van der Waals surface area contributed by atoms with Gasteiger partial charge in [-0.15, -0.1) is 11.3 Å². The van der Waals surface area contributed by atoms with Gasteiger partial charge in [0.25, 0.3) is 11.6 Å². The van der Waals surface area contributed by atoms with E-state index in [0.717, 1.165) is 12.5 Å². The molecule has 0 saturated heterocycles. The van der Waals surface area contributed by atoms with Crippen LogP contribution < -0.4 is 5.32 Å². The molecule has 9 heteroatoms. The summed E-state index contributed by atoms with van der Waals surface area (Å²) in [5.74, 6) is -1.02. The van der Waals surface area contributed by atoms with Crippen LogP contribution in [0.2, 0.25) is 5.02 Å². The van der Waals surface area contributed by atoms with Gasteiger partial charge in [0.1, 0.15) is 0 Å². The summed E-state index contributed by atoms with van der Waals surface area (Å²) in [4.78, 5) is 34.6. The maximum atomic E-state index is 11.8. The molecule has 1 heterocycles. The van der Waals surface area contributed by atoms with Crippen LogP contribution in [0.25, 0.3) is 0 Å². The smallest absolute Gasteiger partial charge is 0.306 e. The van der Waals surface area contributed by atoms with Gasteiger partial charge in [-0.3, -0.25) is 19.7 Å². The van der Waals surface area contributed by atoms with E-state index in [4.69, 9.17) is 16.3 Å². The van der Waals surface area contributed by atoms with Crippen LogP contribution in [-0.4, -0.2) is 23.4 Å². The number of carbonyl (C=O) groups is 2. The molecule has 1 amide bonds. The zero-order chi connectivity index (χ0) is 18.2. The second-order valence-corrected chi connectivity index (χ2v) is 6.50. The third kappa shape index (κ3) is 6.17. The van der Waals surface area contributed by atoms with Gasteiger partial charge >= 0.3 is 5.97 Å². The van der Waals surface area contributed by atoms with Crippen LogP contribution in [0, 0.1) is 10.1 Å². The van der Waals surface area contributed by atoms with E-state index in [1.54, 1.807) is 11.3 Å². The summed E-state index contributed by atoms with van der Waals surface area (Å²) in [6, 6.07) is 7.62. The summed E-state index contributed by atoms with van der Waals surface area (Å²) in [6.45, 7) is -0.439. The quantitative estimate of drug-likeness (QED) is 0.425. The number of halogens is 1. The highest BCUT2D eigenvalue weighted by atomic mass is 35.5. The molecule has 0 saturated carbocycles. The number of nitro groups is 1. The van der Waals surface area contributed by atoms with Gasteiger partial charge in [-0.2, -0.15) is 0 Å². The largest absolute Gasteiger partial charge is 0.456 e. The van der Waals surface area contributed by atoms with Crippen LogP contribution in [0.5, 0.6) is 0 Å². The van der Waals surface area contributed by atoms with Crippen molar-refractivity contribution in [2.24, 2.45) is 0 Å². The average molecular weight is 383 g/mol. The molecule has 0 radical (unpaired) electrons. The molecule has 7 nitrogen and oxygen atoms in total. The lowest BCUT2D eigenvalue weighted by Crippen LogP contribution is -2.21. The lowest BCUT2D eigenvalue weighted by atomic mass is 10.2. The number of nitrogens with zero attached hydrogens (tertiary/aromatic N) is 1. The number of rotatable bonds is 8. The standard InChI is InChI=1S/C16H15ClN2O5S/c17-13-9-11(19(22)23)6-7-14(13)18-15(20)10-24-16(21)5-1-3-12-4-2-8-25-12/h2,4,6-9H,1,3,5,10H2,(H,18,20). The van der Waals surface area contributed by atoms with Crippen molar-refractivity contribution in [2.45, 2.75) is 19.3 Å². The highest BCUT2D eigenvalue weighted by Crippen LogP contribution is 2.26. The van der Waals surface area contributed by atoms with Crippen LogP contribution in [0.1, 0.15) is 17.7 Å². The molecule has 0 unspecified atom stereocenters. The average Bonchev–Trinajstić information content (AvgIpc) is 3.08. The minimum Gasteiger partial charge on any atom is -0.456 e. The fraction of sp³-hybridized carbons (Fsp3) is 0.250. The number of benzene rings is 1. The molecule has 0 atom stereocenters. The molecule has 0 aliphatic heterocycles. The molecule has 2 rings (SSSR count). The van der Waals surface area contributed by atoms with Crippen LogP contribution in [0.3, 0.4) is 0 Å². The Bertz CT molecular complexity index is 764. The van der Waals surface area contributed by atoms with Crippen molar-refractivity contribution in [2.75, 3.05) is 11.9 Å². The number of aryl methyl sites for hydroxylation is 1. The summed E-state index contributed by atoms with van der Waals surface area (Å²) in [5, 5.41) is 15.1. The Kier molecular flexibility index (Phi) is 6.91. The molecule has 25 heavy (non-hydrogen) atoms. The molecular weight excluding hydrogens is 368 g/mol. The van der Waals surface area contributed by atoms with Gasteiger partial charge in [-0.05, 0) is 30.4 Å². The van der Waals surface area contributed by atoms with Gasteiger partial charge in [0, 0.05) is 23.4 Å². The summed E-state index contributed by atoms with van der Waals surface area (Å²) in [7, 11) is 0. The van der Waals surface area contributed by atoms with Gasteiger partial charge in [-0.25, -0.2) is 0 Å². The number of amides is 1. The van der Waals surface area contributed by atoms with Crippen molar-refractivity contribution in [3.8, 4) is 0 Å². The fourth-order valence-electron chi connectivity index (χ4n) is 1.99. The van der Waals surface area contributed by atoms with Crippen molar-refractivity contribution < 1.29 is 19.2 Å². The Morgan fingerprint density at radius 3 is 2.76 bits per heavy atom. The molecule has 1 aromatic carbocycles. The molecule has 0 bridgehead atoms. The summed E-state index contributed by atoms with van der Waals surface area (Å²) < 4.78 is 4.90. The van der Waals surface area contributed by atoms with Crippen molar-refractivity contribution >= 4 is 46.2 Å². The number of ether oxygens (including phenoxy) is 1. The number of nitrogens with one attached hydrogen (secondary N) is 1. The Morgan fingerprint density at radius 2 is 2.12 bits per heavy atom. The first-order chi connectivity index (χ1) is 12.0. The maximum absolute atomic E-state index is 11.8. The first-order valence-corrected chi connectivity index (χ1v) is 8.63. The van der Waals surface area contributed by atoms with E-state index in [1.165, 1.54) is 17.0 Å². The Hall–Kier alpha value is -2.45. The Morgan fingerprint density at radius 1 is 1.32 bits per heavy atom. The zero-order valence-corrected chi connectivity index (χ0v) is 14.6. The second kappa shape index (κ2) is 9.14. The third-order valence-corrected chi connectivity index (χ3v) is 4.43. The molecule has 132 valence electrons. The highest BCUT2D eigenvalue weighted by molar-refractivity contribution is 7.09. The molecule has 1 N–H and O–H groups in total. The summed E-state index contributed by atoms with van der Waals surface area (Å²) in [5.41, 5.74) is 0.0335. The second-order valence-electron chi connectivity index (χ2n) is 5.06. The SMILES string of the molecule is O=C(COC(=O)CCCc1cccs1)Nc1ccc([N+](=O)[O-])cc1Cl. The highest BCUT2D eigenvalue weighted by Gasteiger charge is 2.13. The van der Waals surface area contributed by atoms with Crippen molar-refractivity contribution in [1.82, 2.24) is 0 Å². The zero-order valence-electron chi connectivity index (χ0n) is 13.1. The lowest BCUT2D eigenvalue weighted by molar-refractivity contribution is -0.384. The lowest BCUT2D eigenvalue weighted by Gasteiger charge is -2.08. The van der Waals surface area contributed by atoms with Crippen LogP contribution in [0.4, 0.5) is 11.4 Å². The molecule has 0 aliphatic carbocycles. The summed E-state index contributed by atoms with van der Waals surface area (Å²) in [6.07, 6.45) is 1.66. The van der Waals surface area contributed by atoms with E-state index in [9.17, 15) is 19.7 Å². The molecule has 2 aromatic rings. The summed E-state index contributed by atoms with van der Waals surface area (Å²) >= 11 is 7.50. The van der Waals surface area contributed by atoms with E-state index in [1.807, 2.05) is 17.5 Å². The van der Waals surface area contributed by atoms with Crippen LogP contribution in [0.15, 0.2) is 35.7 Å². The number of anilines is 1. The molecular formula is C16H15ClN2O5S. The van der Waals surface area contributed by atoms with Gasteiger partial charge in [0.2, 0.25) is 0 Å². The van der Waals surface area contributed by atoms with Crippen molar-refractivity contribution in [1.29, 1.82) is 0 Å². The first kappa shape index (κ1) is 18.9. The number of thiophene rings is 1. The van der Waals surface area contributed by atoms with Crippen LogP contribution >= 0.6 is 22.9 Å². The predicted octanol–water partition coefficient (Wildman–Crippen LogP) is 3.81. The predicted molar refractivity (Wildman–Crippen MR) is 95.0 cm³/mol. The molecule has 0 aliphatic rings. The minimum atomic E-state index is -0.588. The van der Waals surface area contributed by atoms with Gasteiger partial charge in [0.15, 0.2) is 6.61 Å². The van der Waals surface area contributed by atoms with Gasteiger partial charge in [0.05, 0.1) is 15.6 Å². The van der Waals surface area contributed by atoms with Crippen molar-refractivity contribution in [3.05, 3.63) is 55.7 Å². The first-order valence-electron chi connectivity index (χ1n) is 7.37. The number of hydrogen-bond acceptors (Lipinski definition) is 6. The number of esters is 1. The number of hydrogen-bond donors (Lipinski definition) is 1. The van der Waals surface area contributed by atoms with Crippen LogP contribution in [-0.2, 0) is 20.7 Å². The molecule has 0 fully saturated rings. The third-order valence-electron chi connectivity index (χ3n) is 3.19. The van der Waals surface area contributed by atoms with E-state index < -0.39 is 23.4 Å². The van der Waals surface area contributed by atoms with Crippen molar-refractivity contribution in [3.63, 3.8) is 0 Å². The van der Waals surface area contributed by atoms with Gasteiger partial charge in [-0.1, -0.05) is 17.7 Å². The Labute approximate surface area is 152 Å². The van der Waals surface area contributed by atoms with Gasteiger partial charge < -0.3 is 10.1 Å². The number of nitro benzene ring substituents is 1. The van der Waals surface area contributed by atoms with E-state index >= 15 is 0 Å². The monoisotopic (exact) mass is 382 g/mol. The topological polar surface area (TPSA) is 98.5 Å². The van der Waals surface area contributed by atoms with E-state index in [-0.39, 0.29) is 22.8 Å². The molecule has 1 aromatic heterocycles. The number of carbonyl (C=O) groups excluding carboxylic acids is 2. The van der Waals surface area contributed by atoms with E-state index in [0.29, 0.717) is 6.42 Å². The maximum Gasteiger partial charge on any atom is 0.306 e.